The Hall–Kier alpha value is -3.52. The first-order valence-corrected chi connectivity index (χ1v) is 11.3. The number of nitriles is 1. The monoisotopic (exact) mass is 572 g/mol. The Labute approximate surface area is 223 Å². The molecule has 0 saturated carbocycles. The molecule has 0 bridgehead atoms. The minimum Gasteiger partial charge on any atom is -0.492 e. The van der Waals surface area contributed by atoms with Crippen LogP contribution < -0.4 is 9.47 Å². The summed E-state index contributed by atoms with van der Waals surface area (Å²) < 4.78 is 49.6. The van der Waals surface area contributed by atoms with Gasteiger partial charge in [0.25, 0.3) is 5.60 Å². The molecule has 0 aliphatic carbocycles. The van der Waals surface area contributed by atoms with E-state index in [9.17, 15) is 33.3 Å². The Kier molecular flexibility index (Phi) is 8.53. The summed E-state index contributed by atoms with van der Waals surface area (Å²) in [6.45, 7) is -0.435. The third-order valence-electron chi connectivity index (χ3n) is 5.04. The van der Waals surface area contributed by atoms with Crippen molar-refractivity contribution in [1.82, 2.24) is 0 Å². The second-order valence-electron chi connectivity index (χ2n) is 7.38. The molecular weight excluding hydrogens is 560 g/mol. The van der Waals surface area contributed by atoms with Gasteiger partial charge in [-0.05, 0) is 36.4 Å². The predicted molar refractivity (Wildman–Crippen MR) is 129 cm³/mol. The molecule has 0 spiro atoms. The number of para-hydroxylation sites is 2. The minimum absolute atomic E-state index is 0.118. The maximum absolute atomic E-state index is 13.5. The maximum Gasteiger partial charge on any atom is 0.416 e. The van der Waals surface area contributed by atoms with Crippen LogP contribution in [0.15, 0.2) is 60.7 Å². The van der Waals surface area contributed by atoms with Gasteiger partial charge in [-0.25, -0.2) is 0 Å². The number of ether oxygens (including phenoxy) is 2. The topological polar surface area (TPSA) is 102 Å². The molecule has 3 aromatic carbocycles. The van der Waals surface area contributed by atoms with Crippen molar-refractivity contribution in [3.05, 3.63) is 97.0 Å². The zero-order chi connectivity index (χ0) is 27.4. The number of carbonyl (C=O) groups is 1. The van der Waals surface area contributed by atoms with Crippen molar-refractivity contribution in [2.24, 2.45) is 0 Å². The van der Waals surface area contributed by atoms with Gasteiger partial charge in [0, 0.05) is 12.5 Å². The number of nitro groups is 1. The highest BCUT2D eigenvalue weighted by Gasteiger charge is 2.47. The molecule has 1 unspecified atom stereocenters. The Morgan fingerprint density at radius 2 is 1.62 bits per heavy atom. The number of hydrogen-bond acceptors (Lipinski definition) is 6. The molecule has 0 amide bonds. The normalized spacial score (nSPS) is 12.8. The minimum atomic E-state index is -4.61. The summed E-state index contributed by atoms with van der Waals surface area (Å²) in [7, 11) is 0. The van der Waals surface area contributed by atoms with Crippen LogP contribution in [-0.4, -0.2) is 17.3 Å². The number of halogens is 6. The first kappa shape index (κ1) is 28.1. The van der Waals surface area contributed by atoms with E-state index < -0.39 is 52.5 Å². The first-order valence-electron chi connectivity index (χ1n) is 10.2. The van der Waals surface area contributed by atoms with E-state index in [1.165, 1.54) is 36.4 Å². The summed E-state index contributed by atoms with van der Waals surface area (Å²) in [4.78, 5) is 24.2. The van der Waals surface area contributed by atoms with Crippen LogP contribution >= 0.6 is 34.8 Å². The molecule has 7 nitrogen and oxygen atoms in total. The summed E-state index contributed by atoms with van der Waals surface area (Å²) in [6, 6.07) is 13.4. The summed E-state index contributed by atoms with van der Waals surface area (Å²) in [5.74, 6) is -1.48. The van der Waals surface area contributed by atoms with Crippen LogP contribution in [0.2, 0.25) is 15.1 Å². The van der Waals surface area contributed by atoms with Crippen molar-refractivity contribution >= 4 is 46.3 Å². The first-order chi connectivity index (χ1) is 17.4. The van der Waals surface area contributed by atoms with Gasteiger partial charge in [0.2, 0.25) is 0 Å². The number of hydrogen-bond donors (Lipinski definition) is 0. The maximum atomic E-state index is 13.5. The lowest BCUT2D eigenvalue weighted by molar-refractivity contribution is -0.386. The molecule has 1 atom stereocenters. The van der Waals surface area contributed by atoms with Gasteiger partial charge in [0.15, 0.2) is 11.5 Å². The quantitative estimate of drug-likeness (QED) is 0.195. The molecule has 3 rings (SSSR count). The Bertz CT molecular complexity index is 1370. The number of alkyl halides is 3. The van der Waals surface area contributed by atoms with E-state index in [0.717, 1.165) is 18.2 Å². The smallest absolute Gasteiger partial charge is 0.416 e. The van der Waals surface area contributed by atoms with Crippen molar-refractivity contribution in [2.45, 2.75) is 18.2 Å². The second kappa shape index (κ2) is 11.3. The molecule has 0 N–H and O–H groups in total. The largest absolute Gasteiger partial charge is 0.492 e. The van der Waals surface area contributed by atoms with Gasteiger partial charge in [-0.2, -0.15) is 18.4 Å². The molecule has 0 aliphatic rings. The molecular formula is C24H14Cl3F3N2O5. The highest BCUT2D eigenvalue weighted by atomic mass is 35.5. The van der Waals surface area contributed by atoms with E-state index in [1.807, 2.05) is 0 Å². The van der Waals surface area contributed by atoms with Crippen LogP contribution in [0.1, 0.15) is 17.5 Å². The van der Waals surface area contributed by atoms with Gasteiger partial charge in [0.05, 0.1) is 37.7 Å². The van der Waals surface area contributed by atoms with E-state index in [-0.39, 0.29) is 26.4 Å². The van der Waals surface area contributed by atoms with E-state index >= 15 is 0 Å². The van der Waals surface area contributed by atoms with Crippen LogP contribution in [0.3, 0.4) is 0 Å². The average molecular weight is 574 g/mol. The number of carbonyl (C=O) groups excluding carboxylic acids is 1. The zero-order valence-electron chi connectivity index (χ0n) is 18.4. The molecule has 0 radical (unpaired) electrons. The van der Waals surface area contributed by atoms with E-state index in [0.29, 0.717) is 6.07 Å². The fourth-order valence-electron chi connectivity index (χ4n) is 3.31. The van der Waals surface area contributed by atoms with E-state index in [4.69, 9.17) is 44.3 Å². The SMILES string of the molecule is N#CC(Oc1ccccc1[N+](=O)[O-])(C(=O)CCOc1ccc(C(F)(F)F)cc1Cl)c1c(Cl)cccc1Cl. The highest BCUT2D eigenvalue weighted by Crippen LogP contribution is 2.41. The molecule has 0 aromatic heterocycles. The summed E-state index contributed by atoms with van der Waals surface area (Å²) in [6.07, 6.45) is -5.15. The third-order valence-corrected chi connectivity index (χ3v) is 5.96. The number of nitro benzene ring substituents is 1. The lowest BCUT2D eigenvalue weighted by Gasteiger charge is -2.28. The van der Waals surface area contributed by atoms with E-state index in [1.54, 1.807) is 6.07 Å². The summed E-state index contributed by atoms with van der Waals surface area (Å²) >= 11 is 18.4. The predicted octanol–water partition coefficient (Wildman–Crippen LogP) is 7.41. The van der Waals surface area contributed by atoms with Gasteiger partial charge in [0.1, 0.15) is 11.8 Å². The van der Waals surface area contributed by atoms with Gasteiger partial charge in [-0.3, -0.25) is 14.9 Å². The van der Waals surface area contributed by atoms with Gasteiger partial charge in [-0.15, -0.1) is 0 Å². The number of rotatable bonds is 9. The van der Waals surface area contributed by atoms with Crippen molar-refractivity contribution in [1.29, 1.82) is 5.26 Å². The lowest BCUT2D eigenvalue weighted by atomic mass is 9.88. The summed E-state index contributed by atoms with van der Waals surface area (Å²) in [5.41, 5.74) is -4.28. The van der Waals surface area contributed by atoms with Crippen LogP contribution in [0.4, 0.5) is 18.9 Å². The number of Topliss-reactive ketones (excluding diaryl/α,β-unsaturated/α-hetero) is 1. The molecule has 13 heteroatoms. The Morgan fingerprint density at radius 1 is 0.973 bits per heavy atom. The van der Waals surface area contributed by atoms with Crippen LogP contribution in [0.5, 0.6) is 11.5 Å². The van der Waals surface area contributed by atoms with E-state index in [2.05, 4.69) is 0 Å². The number of nitrogens with zero attached hydrogens (tertiary/aromatic N) is 2. The molecule has 0 aliphatic heterocycles. The number of benzene rings is 3. The van der Waals surface area contributed by atoms with Gasteiger partial charge >= 0.3 is 11.9 Å². The molecule has 192 valence electrons. The van der Waals surface area contributed by atoms with Crippen molar-refractivity contribution < 1.29 is 32.4 Å². The molecule has 37 heavy (non-hydrogen) atoms. The fourth-order valence-corrected chi connectivity index (χ4v) is 4.20. The van der Waals surface area contributed by atoms with Gasteiger partial charge in [-0.1, -0.05) is 53.0 Å². The van der Waals surface area contributed by atoms with Crippen molar-refractivity contribution in [2.75, 3.05) is 6.61 Å². The van der Waals surface area contributed by atoms with Crippen LogP contribution in [0.25, 0.3) is 0 Å². The standard InChI is InChI=1S/C24H14Cl3F3N2O5/c25-15-4-3-5-16(26)22(15)23(13-31,37-20-7-2-1-6-18(20)32(34)35)21(33)10-11-36-19-9-8-14(12-17(19)27)24(28,29)30/h1-9,12H,10-11H2. The Balaban J connectivity index is 1.95. The summed E-state index contributed by atoms with van der Waals surface area (Å²) in [5, 5.41) is 21.1. The van der Waals surface area contributed by atoms with Crippen molar-refractivity contribution in [3.8, 4) is 17.6 Å². The number of ketones is 1. The lowest BCUT2D eigenvalue weighted by Crippen LogP contribution is -2.42. The molecule has 0 saturated heterocycles. The van der Waals surface area contributed by atoms with Gasteiger partial charge < -0.3 is 9.47 Å². The second-order valence-corrected chi connectivity index (χ2v) is 8.60. The van der Waals surface area contributed by atoms with Crippen LogP contribution in [0, 0.1) is 21.4 Å². The van der Waals surface area contributed by atoms with Crippen LogP contribution in [-0.2, 0) is 16.6 Å². The fraction of sp³-hybridized carbons (Fsp3) is 0.167. The molecule has 0 fully saturated rings. The van der Waals surface area contributed by atoms with Crippen molar-refractivity contribution in [3.63, 3.8) is 0 Å². The zero-order valence-corrected chi connectivity index (χ0v) is 20.7. The average Bonchev–Trinajstić information content (AvgIpc) is 2.83. The molecule has 3 aromatic rings. The third kappa shape index (κ3) is 6.07. The molecule has 0 heterocycles. The Morgan fingerprint density at radius 3 is 2.19 bits per heavy atom. The highest BCUT2D eigenvalue weighted by molar-refractivity contribution is 6.36.